The van der Waals surface area contributed by atoms with Gasteiger partial charge in [-0.15, -0.1) is 0 Å². The summed E-state index contributed by atoms with van der Waals surface area (Å²) < 4.78 is 18.6. The maximum atomic E-state index is 13.5. The predicted octanol–water partition coefficient (Wildman–Crippen LogP) is 4.19. The molecule has 7 nitrogen and oxygen atoms in total. The Morgan fingerprint density at radius 3 is 2.03 bits per heavy atom. The summed E-state index contributed by atoms with van der Waals surface area (Å²) in [5, 5.41) is 5.69. The standard InChI is InChI=1S/C25H20FN3O4/c1-15(30)27-18-7-9-19(10-8-18)28-23-22(16-3-5-17(26)6-4-16)24(31)29(25(23)32)20-11-13-21(33-2)14-12-20/h3-14,28H,1-2H3,(H,27,30). The van der Waals surface area contributed by atoms with Gasteiger partial charge < -0.3 is 15.4 Å². The van der Waals surface area contributed by atoms with Crippen LogP contribution in [-0.4, -0.2) is 24.8 Å². The van der Waals surface area contributed by atoms with E-state index in [9.17, 15) is 18.8 Å². The summed E-state index contributed by atoms with van der Waals surface area (Å²) in [6.45, 7) is 1.41. The lowest BCUT2D eigenvalue weighted by atomic mass is 10.0. The van der Waals surface area contributed by atoms with Gasteiger partial charge in [0.15, 0.2) is 0 Å². The fraction of sp³-hybridized carbons (Fsp3) is 0.0800. The SMILES string of the molecule is COc1ccc(N2C(=O)C(Nc3ccc(NC(C)=O)cc3)=C(c3ccc(F)cc3)C2=O)cc1. The molecule has 0 aliphatic carbocycles. The van der Waals surface area contributed by atoms with Crippen molar-refractivity contribution in [3.63, 3.8) is 0 Å². The Morgan fingerprint density at radius 2 is 1.45 bits per heavy atom. The molecule has 0 saturated heterocycles. The number of carbonyl (C=O) groups is 3. The summed E-state index contributed by atoms with van der Waals surface area (Å²) in [6.07, 6.45) is 0. The Balaban J connectivity index is 1.73. The van der Waals surface area contributed by atoms with Gasteiger partial charge in [-0.1, -0.05) is 12.1 Å². The van der Waals surface area contributed by atoms with Crippen LogP contribution in [0.5, 0.6) is 5.75 Å². The van der Waals surface area contributed by atoms with Gasteiger partial charge in [-0.3, -0.25) is 14.4 Å². The molecule has 0 spiro atoms. The molecule has 0 atom stereocenters. The second-order valence-electron chi connectivity index (χ2n) is 7.28. The van der Waals surface area contributed by atoms with Crippen molar-refractivity contribution in [2.75, 3.05) is 22.6 Å². The highest BCUT2D eigenvalue weighted by Crippen LogP contribution is 2.34. The molecule has 0 saturated carbocycles. The molecule has 1 aliphatic heterocycles. The number of hydrogen-bond acceptors (Lipinski definition) is 5. The number of ether oxygens (including phenoxy) is 1. The first-order chi connectivity index (χ1) is 15.9. The normalized spacial score (nSPS) is 13.4. The van der Waals surface area contributed by atoms with E-state index in [4.69, 9.17) is 4.74 Å². The molecule has 2 N–H and O–H groups in total. The lowest BCUT2D eigenvalue weighted by molar-refractivity contribution is -0.120. The first kappa shape index (κ1) is 21.8. The van der Waals surface area contributed by atoms with E-state index >= 15 is 0 Å². The number of methoxy groups -OCH3 is 1. The van der Waals surface area contributed by atoms with Crippen molar-refractivity contribution in [3.05, 3.63) is 89.9 Å². The molecule has 0 unspecified atom stereocenters. The van der Waals surface area contributed by atoms with Crippen molar-refractivity contribution < 1.29 is 23.5 Å². The maximum absolute atomic E-state index is 13.5. The van der Waals surface area contributed by atoms with E-state index in [1.807, 2.05) is 0 Å². The molecule has 8 heteroatoms. The first-order valence-corrected chi connectivity index (χ1v) is 10.0. The molecule has 4 rings (SSSR count). The Morgan fingerprint density at radius 1 is 0.848 bits per heavy atom. The molecular weight excluding hydrogens is 425 g/mol. The van der Waals surface area contributed by atoms with Gasteiger partial charge in [-0.05, 0) is 66.2 Å². The Kier molecular flexibility index (Phi) is 5.91. The van der Waals surface area contributed by atoms with Crippen LogP contribution >= 0.6 is 0 Å². The Bertz CT molecular complexity index is 1250. The van der Waals surface area contributed by atoms with E-state index in [-0.39, 0.29) is 17.2 Å². The van der Waals surface area contributed by atoms with Crippen molar-refractivity contribution in [2.45, 2.75) is 6.92 Å². The molecule has 0 bridgehead atoms. The van der Waals surface area contributed by atoms with Crippen molar-refractivity contribution in [2.24, 2.45) is 0 Å². The van der Waals surface area contributed by atoms with Crippen molar-refractivity contribution in [1.29, 1.82) is 0 Å². The fourth-order valence-electron chi connectivity index (χ4n) is 3.48. The molecule has 3 aromatic carbocycles. The van der Waals surface area contributed by atoms with Gasteiger partial charge in [0.25, 0.3) is 11.8 Å². The average Bonchev–Trinajstić information content (AvgIpc) is 3.05. The van der Waals surface area contributed by atoms with Crippen LogP contribution in [0.1, 0.15) is 12.5 Å². The predicted molar refractivity (Wildman–Crippen MR) is 123 cm³/mol. The number of benzene rings is 3. The highest BCUT2D eigenvalue weighted by molar-refractivity contribution is 6.46. The minimum absolute atomic E-state index is 0.0645. The number of nitrogens with zero attached hydrogens (tertiary/aromatic N) is 1. The number of hydrogen-bond donors (Lipinski definition) is 2. The van der Waals surface area contributed by atoms with E-state index in [0.717, 1.165) is 4.90 Å². The summed E-state index contributed by atoms with van der Waals surface area (Å²) in [4.78, 5) is 39.0. The van der Waals surface area contributed by atoms with Gasteiger partial charge in [-0.2, -0.15) is 0 Å². The molecule has 0 radical (unpaired) electrons. The van der Waals surface area contributed by atoms with Gasteiger partial charge in [0, 0.05) is 18.3 Å². The van der Waals surface area contributed by atoms with Crippen molar-refractivity contribution in [1.82, 2.24) is 0 Å². The number of halogens is 1. The Labute approximate surface area is 189 Å². The van der Waals surface area contributed by atoms with E-state index in [0.29, 0.717) is 28.4 Å². The quantitative estimate of drug-likeness (QED) is 0.556. The van der Waals surface area contributed by atoms with Crippen LogP contribution in [0.15, 0.2) is 78.5 Å². The maximum Gasteiger partial charge on any atom is 0.282 e. The van der Waals surface area contributed by atoms with Crippen LogP contribution in [0.3, 0.4) is 0 Å². The van der Waals surface area contributed by atoms with Gasteiger partial charge in [0.05, 0.1) is 18.4 Å². The van der Waals surface area contributed by atoms with E-state index in [2.05, 4.69) is 10.6 Å². The third-order valence-corrected chi connectivity index (χ3v) is 5.02. The van der Waals surface area contributed by atoms with Crippen LogP contribution < -0.4 is 20.3 Å². The molecule has 0 aromatic heterocycles. The van der Waals surface area contributed by atoms with Crippen LogP contribution in [0.2, 0.25) is 0 Å². The molecule has 166 valence electrons. The van der Waals surface area contributed by atoms with Crippen molar-refractivity contribution in [3.8, 4) is 5.75 Å². The fourth-order valence-corrected chi connectivity index (χ4v) is 3.48. The zero-order valence-corrected chi connectivity index (χ0v) is 17.9. The number of carbonyl (C=O) groups excluding carboxylic acids is 3. The molecule has 1 heterocycles. The third-order valence-electron chi connectivity index (χ3n) is 5.02. The molecule has 0 fully saturated rings. The lowest BCUT2D eigenvalue weighted by Crippen LogP contribution is -2.32. The van der Waals surface area contributed by atoms with Crippen molar-refractivity contribution >= 4 is 40.4 Å². The summed E-state index contributed by atoms with van der Waals surface area (Å²) in [5.41, 5.74) is 2.11. The number of amides is 3. The highest BCUT2D eigenvalue weighted by Gasteiger charge is 2.40. The second kappa shape index (κ2) is 8.96. The van der Waals surface area contributed by atoms with E-state index < -0.39 is 17.6 Å². The van der Waals surface area contributed by atoms with Crippen LogP contribution in [-0.2, 0) is 14.4 Å². The summed E-state index contributed by atoms with van der Waals surface area (Å²) in [5.74, 6) is -1.15. The number of nitrogens with one attached hydrogen (secondary N) is 2. The van der Waals surface area contributed by atoms with Crippen LogP contribution in [0.4, 0.5) is 21.5 Å². The summed E-state index contributed by atoms with van der Waals surface area (Å²) in [7, 11) is 1.52. The average molecular weight is 445 g/mol. The largest absolute Gasteiger partial charge is 0.497 e. The lowest BCUT2D eigenvalue weighted by Gasteiger charge is -2.16. The van der Waals surface area contributed by atoms with Gasteiger partial charge in [0.2, 0.25) is 5.91 Å². The minimum atomic E-state index is -0.546. The second-order valence-corrected chi connectivity index (χ2v) is 7.28. The molecular formula is C25H20FN3O4. The molecule has 33 heavy (non-hydrogen) atoms. The van der Waals surface area contributed by atoms with Crippen LogP contribution in [0.25, 0.3) is 5.57 Å². The number of imide groups is 1. The highest BCUT2D eigenvalue weighted by atomic mass is 19.1. The topological polar surface area (TPSA) is 87.7 Å². The number of anilines is 3. The zero-order valence-electron chi connectivity index (χ0n) is 17.9. The van der Waals surface area contributed by atoms with Gasteiger partial charge in [-0.25, -0.2) is 9.29 Å². The van der Waals surface area contributed by atoms with Gasteiger partial charge in [0.1, 0.15) is 17.3 Å². The molecule has 3 aromatic rings. The Hall–Kier alpha value is -4.46. The zero-order chi connectivity index (χ0) is 23.5. The smallest absolute Gasteiger partial charge is 0.282 e. The monoisotopic (exact) mass is 445 g/mol. The van der Waals surface area contributed by atoms with E-state index in [1.165, 1.54) is 38.3 Å². The molecule has 1 aliphatic rings. The molecule has 3 amide bonds. The number of rotatable bonds is 6. The first-order valence-electron chi connectivity index (χ1n) is 10.0. The summed E-state index contributed by atoms with van der Waals surface area (Å²) in [6, 6.07) is 18.6. The van der Waals surface area contributed by atoms with E-state index in [1.54, 1.807) is 48.5 Å². The minimum Gasteiger partial charge on any atom is -0.497 e. The van der Waals surface area contributed by atoms with Crippen LogP contribution in [0, 0.1) is 5.82 Å². The third kappa shape index (κ3) is 4.45. The van der Waals surface area contributed by atoms with Gasteiger partial charge >= 0.3 is 0 Å². The summed E-state index contributed by atoms with van der Waals surface area (Å²) >= 11 is 0.